The molecule has 0 radical (unpaired) electrons. The van der Waals surface area contributed by atoms with Crippen molar-refractivity contribution in [2.45, 2.75) is 6.18 Å². The summed E-state index contributed by atoms with van der Waals surface area (Å²) < 4.78 is 42.4. The zero-order chi connectivity index (χ0) is 11.3. The van der Waals surface area contributed by atoms with E-state index in [1.54, 1.807) is 0 Å². The summed E-state index contributed by atoms with van der Waals surface area (Å²) in [6.45, 7) is 0. The summed E-state index contributed by atoms with van der Waals surface area (Å²) in [5, 5.41) is 0. The fourth-order valence-corrected chi connectivity index (χ4v) is 1.72. The summed E-state index contributed by atoms with van der Waals surface area (Å²) in [5.74, 6) is -4.29. The molecule has 3 nitrogen and oxygen atoms in total. The van der Waals surface area contributed by atoms with Crippen LogP contribution in [0.1, 0.15) is 0 Å². The van der Waals surface area contributed by atoms with E-state index in [4.69, 9.17) is 0 Å². The Hall–Kier alpha value is -1.59. The lowest BCUT2D eigenvalue weighted by atomic mass is 9.74. The van der Waals surface area contributed by atoms with E-state index in [1.165, 1.54) is 6.08 Å². The molecule has 0 spiro atoms. The van der Waals surface area contributed by atoms with Gasteiger partial charge in [0.2, 0.25) is 0 Å². The predicted octanol–water partition coefficient (Wildman–Crippen LogP) is 1.36. The minimum absolute atomic E-state index is 0.672. The minimum Gasteiger partial charge on any atom is -0.392 e. The van der Waals surface area contributed by atoms with Crippen molar-refractivity contribution in [3.05, 3.63) is 24.3 Å². The number of hydrogen-bond donors (Lipinski definition) is 0. The largest absolute Gasteiger partial charge is 0.409 e. The maximum atomic E-state index is 12.8. The van der Waals surface area contributed by atoms with E-state index in [2.05, 4.69) is 4.74 Å². The highest BCUT2D eigenvalue weighted by molar-refractivity contribution is 6.02. The zero-order valence-corrected chi connectivity index (χ0v) is 7.25. The Morgan fingerprint density at radius 2 is 1.93 bits per heavy atom. The Morgan fingerprint density at radius 3 is 2.47 bits per heavy atom. The molecule has 2 aliphatic rings. The molecule has 6 heteroatoms. The molecule has 0 N–H and O–H groups in total. The van der Waals surface area contributed by atoms with Crippen LogP contribution in [0.4, 0.5) is 13.2 Å². The third kappa shape index (κ3) is 1.07. The fourth-order valence-electron chi connectivity index (χ4n) is 1.72. The SMILES string of the molecule is O=C1OC(=O)C2(C(F)(F)F)C=CC=CC12. The minimum atomic E-state index is -4.83. The van der Waals surface area contributed by atoms with Crippen molar-refractivity contribution in [1.82, 2.24) is 0 Å². The van der Waals surface area contributed by atoms with Crippen LogP contribution in [0.15, 0.2) is 24.3 Å². The van der Waals surface area contributed by atoms with Crippen LogP contribution in [0.2, 0.25) is 0 Å². The first kappa shape index (κ1) is 9.95. The molecule has 15 heavy (non-hydrogen) atoms. The molecule has 0 aromatic rings. The van der Waals surface area contributed by atoms with Gasteiger partial charge in [0.25, 0.3) is 0 Å². The summed E-state index contributed by atoms with van der Waals surface area (Å²) in [4.78, 5) is 22.2. The second kappa shape index (κ2) is 2.71. The highest BCUT2D eigenvalue weighted by Gasteiger charge is 2.70. The Bertz CT molecular complexity index is 394. The van der Waals surface area contributed by atoms with Gasteiger partial charge in [0, 0.05) is 0 Å². The Morgan fingerprint density at radius 1 is 1.27 bits per heavy atom. The van der Waals surface area contributed by atoms with Crippen molar-refractivity contribution < 1.29 is 27.5 Å². The third-order valence-corrected chi connectivity index (χ3v) is 2.52. The maximum Gasteiger partial charge on any atom is 0.409 e. The van der Waals surface area contributed by atoms with Crippen LogP contribution in [0.25, 0.3) is 0 Å². The molecular formula is C9H5F3O3. The van der Waals surface area contributed by atoms with Gasteiger partial charge in [0.15, 0.2) is 5.41 Å². The van der Waals surface area contributed by atoms with Crippen LogP contribution < -0.4 is 0 Å². The van der Waals surface area contributed by atoms with Crippen molar-refractivity contribution in [3.63, 3.8) is 0 Å². The summed E-state index contributed by atoms with van der Waals surface area (Å²) >= 11 is 0. The number of cyclic esters (lactones) is 2. The molecule has 0 saturated carbocycles. The Balaban J connectivity index is 2.60. The topological polar surface area (TPSA) is 43.4 Å². The quantitative estimate of drug-likeness (QED) is 0.455. The number of carbonyl (C=O) groups excluding carboxylic acids is 2. The Labute approximate surface area is 82.2 Å². The van der Waals surface area contributed by atoms with Crippen molar-refractivity contribution in [3.8, 4) is 0 Å². The van der Waals surface area contributed by atoms with Crippen LogP contribution in [0, 0.1) is 11.3 Å². The van der Waals surface area contributed by atoms with Gasteiger partial charge in [0.05, 0.1) is 0 Å². The molecule has 0 aromatic heterocycles. The molecule has 2 unspecified atom stereocenters. The van der Waals surface area contributed by atoms with Crippen LogP contribution in [-0.4, -0.2) is 18.1 Å². The van der Waals surface area contributed by atoms with Crippen LogP contribution in [-0.2, 0) is 14.3 Å². The van der Waals surface area contributed by atoms with E-state index in [-0.39, 0.29) is 0 Å². The second-order valence-corrected chi connectivity index (χ2v) is 3.30. The molecule has 80 valence electrons. The lowest BCUT2D eigenvalue weighted by Crippen LogP contribution is -2.45. The van der Waals surface area contributed by atoms with Crippen molar-refractivity contribution in [2.75, 3.05) is 0 Å². The predicted molar refractivity (Wildman–Crippen MR) is 41.4 cm³/mol. The molecule has 2 rings (SSSR count). The molecule has 0 amide bonds. The summed E-state index contributed by atoms with van der Waals surface area (Å²) in [6, 6.07) is 0. The molecule has 0 bridgehead atoms. The van der Waals surface area contributed by atoms with Gasteiger partial charge < -0.3 is 4.74 Å². The molecular weight excluding hydrogens is 213 g/mol. The number of rotatable bonds is 0. The van der Waals surface area contributed by atoms with Crippen molar-refractivity contribution >= 4 is 11.9 Å². The molecule has 1 aliphatic heterocycles. The zero-order valence-electron chi connectivity index (χ0n) is 7.25. The molecule has 1 aliphatic carbocycles. The number of ether oxygens (including phenoxy) is 1. The van der Waals surface area contributed by atoms with Gasteiger partial charge in [-0.25, -0.2) is 0 Å². The molecule has 2 atom stereocenters. The van der Waals surface area contributed by atoms with Gasteiger partial charge in [-0.15, -0.1) is 0 Å². The first-order valence-electron chi connectivity index (χ1n) is 4.08. The third-order valence-electron chi connectivity index (χ3n) is 2.52. The summed E-state index contributed by atoms with van der Waals surface area (Å²) in [7, 11) is 0. The number of halogens is 3. The fraction of sp³-hybridized carbons (Fsp3) is 0.333. The first-order valence-corrected chi connectivity index (χ1v) is 4.08. The van der Waals surface area contributed by atoms with Crippen LogP contribution >= 0.6 is 0 Å². The Kier molecular flexibility index (Phi) is 1.80. The van der Waals surface area contributed by atoms with E-state index in [1.807, 2.05) is 0 Å². The van der Waals surface area contributed by atoms with E-state index >= 15 is 0 Å². The first-order chi connectivity index (χ1) is 6.89. The van der Waals surface area contributed by atoms with Gasteiger partial charge in [-0.1, -0.05) is 24.3 Å². The number of alkyl halides is 3. The molecule has 0 aromatic carbocycles. The van der Waals surface area contributed by atoms with Gasteiger partial charge in [-0.05, 0) is 0 Å². The van der Waals surface area contributed by atoms with Crippen molar-refractivity contribution in [1.29, 1.82) is 0 Å². The van der Waals surface area contributed by atoms with E-state index in [0.717, 1.165) is 12.2 Å². The number of allylic oxidation sites excluding steroid dienone is 2. The molecule has 1 saturated heterocycles. The number of carbonyl (C=O) groups is 2. The summed E-state index contributed by atoms with van der Waals surface area (Å²) in [6.07, 6.45) is -0.758. The normalized spacial score (nSPS) is 34.2. The average Bonchev–Trinajstić information content (AvgIpc) is 2.40. The van der Waals surface area contributed by atoms with Gasteiger partial charge in [0.1, 0.15) is 5.92 Å². The lowest BCUT2D eigenvalue weighted by molar-refractivity contribution is -0.213. The maximum absolute atomic E-state index is 12.8. The van der Waals surface area contributed by atoms with E-state index < -0.39 is 29.4 Å². The number of hydrogen-bond acceptors (Lipinski definition) is 3. The van der Waals surface area contributed by atoms with Crippen LogP contribution in [0.5, 0.6) is 0 Å². The number of fused-ring (bicyclic) bond motifs is 1. The average molecular weight is 218 g/mol. The van der Waals surface area contributed by atoms with E-state index in [0.29, 0.717) is 6.08 Å². The standard InChI is InChI=1S/C9H5F3O3/c10-9(11,12)8-4-2-1-3-5(8)6(13)15-7(8)14/h1-5H. The van der Waals surface area contributed by atoms with Crippen molar-refractivity contribution in [2.24, 2.45) is 11.3 Å². The summed E-state index contributed by atoms with van der Waals surface area (Å²) in [5.41, 5.74) is -2.82. The highest BCUT2D eigenvalue weighted by atomic mass is 19.4. The lowest BCUT2D eigenvalue weighted by Gasteiger charge is -2.28. The monoisotopic (exact) mass is 218 g/mol. The number of esters is 2. The van der Waals surface area contributed by atoms with Gasteiger partial charge in [-0.3, -0.25) is 9.59 Å². The second-order valence-electron chi connectivity index (χ2n) is 3.30. The molecule has 1 heterocycles. The molecule has 1 fully saturated rings. The van der Waals surface area contributed by atoms with Crippen LogP contribution in [0.3, 0.4) is 0 Å². The van der Waals surface area contributed by atoms with Gasteiger partial charge >= 0.3 is 18.1 Å². The van der Waals surface area contributed by atoms with E-state index in [9.17, 15) is 22.8 Å². The van der Waals surface area contributed by atoms with Gasteiger partial charge in [-0.2, -0.15) is 13.2 Å². The highest BCUT2D eigenvalue weighted by Crippen LogP contribution is 2.52. The smallest absolute Gasteiger partial charge is 0.392 e.